The molecule has 0 bridgehead atoms. The minimum absolute atomic E-state index is 0.690. The quantitative estimate of drug-likeness (QED) is 0.618. The van der Waals surface area contributed by atoms with Gasteiger partial charge in [-0.05, 0) is 18.8 Å². The van der Waals surface area contributed by atoms with Gasteiger partial charge in [-0.15, -0.1) is 0 Å². The second kappa shape index (κ2) is 4.95. The van der Waals surface area contributed by atoms with Crippen molar-refractivity contribution >= 4 is 8.03 Å². The van der Waals surface area contributed by atoms with Gasteiger partial charge in [0.2, 0.25) is 0 Å². The molecular weight excluding hydrogens is 159 g/mol. The van der Waals surface area contributed by atoms with E-state index in [1.807, 2.05) is 0 Å². The van der Waals surface area contributed by atoms with Crippen molar-refractivity contribution in [3.8, 4) is 0 Å². The molecule has 0 spiro atoms. The molecule has 1 aliphatic rings. The molecule has 1 atom stereocenters. The Morgan fingerprint density at radius 1 is 1.36 bits per heavy atom. The summed E-state index contributed by atoms with van der Waals surface area (Å²) >= 11 is 0. The van der Waals surface area contributed by atoms with Crippen LogP contribution in [0.1, 0.15) is 32.1 Å². The Morgan fingerprint density at radius 3 is 2.55 bits per heavy atom. The summed E-state index contributed by atoms with van der Waals surface area (Å²) in [7, 11) is -0.132. The second-order valence-electron chi connectivity index (χ2n) is 3.28. The minimum Gasteiger partial charge on any atom is -0.334 e. The molecule has 0 saturated heterocycles. The van der Waals surface area contributed by atoms with E-state index in [1.54, 1.807) is 7.11 Å². The first-order valence-electron chi connectivity index (χ1n) is 4.39. The molecular formula is C8H17O2P. The predicted molar refractivity (Wildman–Crippen MR) is 47.5 cm³/mol. The lowest BCUT2D eigenvalue weighted by Gasteiger charge is -2.20. The average Bonchev–Trinajstić information content (AvgIpc) is 2.06. The highest BCUT2D eigenvalue weighted by atomic mass is 31.1. The van der Waals surface area contributed by atoms with Crippen molar-refractivity contribution in [1.29, 1.82) is 0 Å². The highest BCUT2D eigenvalue weighted by Crippen LogP contribution is 2.32. The first-order chi connectivity index (χ1) is 5.33. The molecule has 0 aliphatic heterocycles. The SMILES string of the molecule is CO[PH](=O)CC1CCCCC1. The highest BCUT2D eigenvalue weighted by Gasteiger charge is 2.15. The van der Waals surface area contributed by atoms with Gasteiger partial charge >= 0.3 is 0 Å². The van der Waals surface area contributed by atoms with Gasteiger partial charge in [0.25, 0.3) is 0 Å². The molecule has 0 aromatic carbocycles. The molecule has 1 aliphatic carbocycles. The van der Waals surface area contributed by atoms with Crippen LogP contribution in [0.4, 0.5) is 0 Å². The van der Waals surface area contributed by atoms with Crippen molar-refractivity contribution in [2.24, 2.45) is 5.92 Å². The summed E-state index contributed by atoms with van der Waals surface area (Å²) in [6.45, 7) is 0. The van der Waals surface area contributed by atoms with Crippen molar-refractivity contribution in [2.75, 3.05) is 13.3 Å². The Kier molecular flexibility index (Phi) is 4.17. The molecule has 3 heteroatoms. The molecule has 66 valence electrons. The topological polar surface area (TPSA) is 26.3 Å². The fraction of sp³-hybridized carbons (Fsp3) is 1.00. The van der Waals surface area contributed by atoms with Gasteiger partial charge in [0.1, 0.15) is 0 Å². The van der Waals surface area contributed by atoms with E-state index in [2.05, 4.69) is 0 Å². The maximum atomic E-state index is 11.0. The molecule has 0 aromatic heterocycles. The van der Waals surface area contributed by atoms with Crippen molar-refractivity contribution in [2.45, 2.75) is 32.1 Å². The van der Waals surface area contributed by atoms with E-state index in [-0.39, 0.29) is 0 Å². The van der Waals surface area contributed by atoms with Gasteiger partial charge in [-0.25, -0.2) is 0 Å². The zero-order valence-electron chi connectivity index (χ0n) is 7.14. The average molecular weight is 176 g/mol. The minimum atomic E-state index is -1.68. The van der Waals surface area contributed by atoms with E-state index in [9.17, 15) is 4.57 Å². The van der Waals surface area contributed by atoms with Crippen LogP contribution >= 0.6 is 8.03 Å². The summed E-state index contributed by atoms with van der Waals surface area (Å²) in [5.41, 5.74) is 0. The van der Waals surface area contributed by atoms with Crippen molar-refractivity contribution in [3.05, 3.63) is 0 Å². The third-order valence-corrected chi connectivity index (χ3v) is 3.77. The molecule has 1 rings (SSSR count). The lowest BCUT2D eigenvalue weighted by molar-refractivity contribution is 0.362. The Balaban J connectivity index is 2.19. The number of rotatable bonds is 3. The molecule has 0 amide bonds. The van der Waals surface area contributed by atoms with E-state index in [4.69, 9.17) is 4.52 Å². The van der Waals surface area contributed by atoms with Crippen molar-refractivity contribution in [3.63, 3.8) is 0 Å². The van der Waals surface area contributed by atoms with Gasteiger partial charge in [-0.3, -0.25) is 4.57 Å². The van der Waals surface area contributed by atoms with E-state index in [0.29, 0.717) is 5.92 Å². The molecule has 1 saturated carbocycles. The molecule has 11 heavy (non-hydrogen) atoms. The van der Waals surface area contributed by atoms with Crippen LogP contribution in [-0.2, 0) is 9.09 Å². The first-order valence-corrected chi connectivity index (χ1v) is 5.92. The van der Waals surface area contributed by atoms with Crippen LogP contribution in [0.15, 0.2) is 0 Å². The molecule has 0 aromatic rings. The summed E-state index contributed by atoms with van der Waals surface area (Å²) in [5, 5.41) is 0. The van der Waals surface area contributed by atoms with E-state index >= 15 is 0 Å². The Morgan fingerprint density at radius 2 is 2.00 bits per heavy atom. The lowest BCUT2D eigenvalue weighted by atomic mass is 9.91. The summed E-state index contributed by atoms with van der Waals surface area (Å²) in [4.78, 5) is 0. The van der Waals surface area contributed by atoms with Crippen molar-refractivity contribution < 1.29 is 9.09 Å². The first kappa shape index (κ1) is 9.28. The van der Waals surface area contributed by atoms with Gasteiger partial charge in [-0.2, -0.15) is 0 Å². The van der Waals surface area contributed by atoms with Gasteiger partial charge in [0, 0.05) is 13.3 Å². The van der Waals surface area contributed by atoms with Crippen LogP contribution in [0, 0.1) is 5.92 Å². The van der Waals surface area contributed by atoms with E-state index < -0.39 is 8.03 Å². The van der Waals surface area contributed by atoms with E-state index in [1.165, 1.54) is 32.1 Å². The molecule has 2 nitrogen and oxygen atoms in total. The molecule has 0 heterocycles. The Bertz CT molecular complexity index is 130. The van der Waals surface area contributed by atoms with Gasteiger partial charge in [0.15, 0.2) is 8.03 Å². The Labute approximate surface area is 69.2 Å². The zero-order chi connectivity index (χ0) is 8.10. The number of hydrogen-bond acceptors (Lipinski definition) is 2. The normalized spacial score (nSPS) is 23.4. The van der Waals surface area contributed by atoms with Gasteiger partial charge in [0.05, 0.1) is 0 Å². The van der Waals surface area contributed by atoms with Crippen LogP contribution in [-0.4, -0.2) is 13.3 Å². The van der Waals surface area contributed by atoms with Crippen LogP contribution in [0.3, 0.4) is 0 Å². The van der Waals surface area contributed by atoms with Crippen molar-refractivity contribution in [1.82, 2.24) is 0 Å². The third-order valence-electron chi connectivity index (χ3n) is 2.41. The third kappa shape index (κ3) is 3.39. The lowest BCUT2D eigenvalue weighted by Crippen LogP contribution is -2.08. The molecule has 1 fully saturated rings. The maximum absolute atomic E-state index is 11.0. The maximum Gasteiger partial charge on any atom is 0.191 e. The summed E-state index contributed by atoms with van der Waals surface area (Å²) in [5.74, 6) is 0.690. The van der Waals surface area contributed by atoms with Crippen LogP contribution in [0.5, 0.6) is 0 Å². The molecule has 0 radical (unpaired) electrons. The largest absolute Gasteiger partial charge is 0.334 e. The molecule has 0 N–H and O–H groups in total. The highest BCUT2D eigenvalue weighted by molar-refractivity contribution is 7.39. The fourth-order valence-electron chi connectivity index (χ4n) is 1.71. The Hall–Kier alpha value is 0.190. The summed E-state index contributed by atoms with van der Waals surface area (Å²) in [6.07, 6.45) is 7.36. The van der Waals surface area contributed by atoms with E-state index in [0.717, 1.165) is 6.16 Å². The van der Waals surface area contributed by atoms with Gasteiger partial charge < -0.3 is 4.52 Å². The molecule has 1 unspecified atom stereocenters. The zero-order valence-corrected chi connectivity index (χ0v) is 8.14. The van der Waals surface area contributed by atoms with Gasteiger partial charge in [-0.1, -0.05) is 19.3 Å². The van der Waals surface area contributed by atoms with Crippen LogP contribution in [0.2, 0.25) is 0 Å². The number of hydrogen-bond donors (Lipinski definition) is 0. The standard InChI is InChI=1S/C8H17O2P/c1-10-11(9)7-8-5-3-2-4-6-8/h8,11H,2-7H2,1H3. The summed E-state index contributed by atoms with van der Waals surface area (Å²) in [6, 6.07) is 0. The van der Waals surface area contributed by atoms with Crippen LogP contribution < -0.4 is 0 Å². The monoisotopic (exact) mass is 176 g/mol. The van der Waals surface area contributed by atoms with Crippen LogP contribution in [0.25, 0.3) is 0 Å². The summed E-state index contributed by atoms with van der Waals surface area (Å²) < 4.78 is 15.8. The fourth-order valence-corrected chi connectivity index (χ4v) is 2.76. The smallest absolute Gasteiger partial charge is 0.191 e. The second-order valence-corrected chi connectivity index (χ2v) is 4.84. The predicted octanol–water partition coefficient (Wildman–Crippen LogP) is 2.69.